The molecule has 2 heterocycles. The molecule has 9 nitrogen and oxygen atoms in total. The van der Waals surface area contributed by atoms with Crippen LogP contribution in [0.4, 0.5) is 5.82 Å². The van der Waals surface area contributed by atoms with Gasteiger partial charge in [0.15, 0.2) is 5.56 Å². The highest BCUT2D eigenvalue weighted by Crippen LogP contribution is 2.17. The lowest BCUT2D eigenvalue weighted by Crippen LogP contribution is -2.45. The zero-order chi connectivity index (χ0) is 18.7. The van der Waals surface area contributed by atoms with Gasteiger partial charge in [-0.1, -0.05) is 0 Å². The van der Waals surface area contributed by atoms with E-state index < -0.39 is 11.2 Å². The van der Waals surface area contributed by atoms with Crippen molar-refractivity contribution in [2.45, 2.75) is 18.9 Å². The van der Waals surface area contributed by atoms with E-state index in [9.17, 15) is 19.6 Å². The van der Waals surface area contributed by atoms with Crippen molar-refractivity contribution >= 4 is 11.7 Å². The smallest absolute Gasteiger partial charge is 0.332 e. The van der Waals surface area contributed by atoms with Crippen LogP contribution in [0.1, 0.15) is 18.4 Å². The molecule has 0 aromatic carbocycles. The van der Waals surface area contributed by atoms with Crippen LogP contribution in [0.5, 0.6) is 0 Å². The Hall–Kier alpha value is -2.60. The first kappa shape index (κ1) is 18.7. The van der Waals surface area contributed by atoms with Crippen molar-refractivity contribution < 1.29 is 4.79 Å². The summed E-state index contributed by atoms with van der Waals surface area (Å²) in [4.78, 5) is 39.6. The molecule has 25 heavy (non-hydrogen) atoms. The number of hydrogen-bond donors (Lipinski definition) is 1. The van der Waals surface area contributed by atoms with Crippen LogP contribution in [0.15, 0.2) is 9.59 Å². The van der Waals surface area contributed by atoms with E-state index in [0.29, 0.717) is 6.54 Å². The summed E-state index contributed by atoms with van der Waals surface area (Å²) in [7, 11) is 6.36. The summed E-state index contributed by atoms with van der Waals surface area (Å²) in [5.74, 6) is 0.325. The summed E-state index contributed by atoms with van der Waals surface area (Å²) in [5.41, 5.74) is -1.13. The Morgan fingerprint density at radius 2 is 1.84 bits per heavy atom. The van der Waals surface area contributed by atoms with Crippen molar-refractivity contribution in [2.75, 3.05) is 39.0 Å². The summed E-state index contributed by atoms with van der Waals surface area (Å²) < 4.78 is 2.22. The van der Waals surface area contributed by atoms with Gasteiger partial charge in [0, 0.05) is 47.3 Å². The normalized spacial score (nSPS) is 15.6. The molecule has 1 aliphatic rings. The third kappa shape index (κ3) is 3.91. The number of piperidine rings is 1. The molecular formula is C16H24N6O3. The SMILES string of the molecule is CN(C)C(=O)CN1CCC(Nc2c(C#N)c(=O)n(C)c(=O)n2C)CC1. The maximum atomic E-state index is 12.1. The van der Waals surface area contributed by atoms with Crippen LogP contribution in [0.25, 0.3) is 0 Å². The Balaban J connectivity index is 2.11. The van der Waals surface area contributed by atoms with Gasteiger partial charge in [-0.05, 0) is 12.8 Å². The molecule has 0 bridgehead atoms. The minimum Gasteiger partial charge on any atom is -0.367 e. The van der Waals surface area contributed by atoms with Gasteiger partial charge in [-0.25, -0.2) is 4.79 Å². The van der Waals surface area contributed by atoms with E-state index in [1.54, 1.807) is 19.0 Å². The third-order valence-corrected chi connectivity index (χ3v) is 4.56. The van der Waals surface area contributed by atoms with E-state index in [0.717, 1.165) is 30.5 Å². The number of nitriles is 1. The molecule has 0 atom stereocenters. The number of carbonyl (C=O) groups excluding carboxylic acids is 1. The van der Waals surface area contributed by atoms with Crippen molar-refractivity contribution in [3.8, 4) is 6.07 Å². The number of nitrogens with zero attached hydrogens (tertiary/aromatic N) is 5. The van der Waals surface area contributed by atoms with E-state index in [4.69, 9.17) is 0 Å². The second-order valence-electron chi connectivity index (χ2n) is 6.52. The molecule has 1 amide bonds. The number of likely N-dealkylation sites (tertiary alicyclic amines) is 1. The average Bonchev–Trinajstić information content (AvgIpc) is 2.59. The Labute approximate surface area is 146 Å². The molecule has 9 heteroatoms. The van der Waals surface area contributed by atoms with Crippen molar-refractivity contribution in [1.82, 2.24) is 18.9 Å². The number of aromatic nitrogens is 2. The Morgan fingerprint density at radius 3 is 2.36 bits per heavy atom. The van der Waals surface area contributed by atoms with Gasteiger partial charge in [-0.3, -0.25) is 23.6 Å². The largest absolute Gasteiger partial charge is 0.367 e. The summed E-state index contributed by atoms with van der Waals surface area (Å²) in [5, 5.41) is 12.5. The summed E-state index contributed by atoms with van der Waals surface area (Å²) >= 11 is 0. The molecule has 0 aliphatic carbocycles. The Kier molecular flexibility index (Phi) is 5.64. The molecule has 0 spiro atoms. The molecule has 0 unspecified atom stereocenters. The van der Waals surface area contributed by atoms with E-state index in [1.807, 2.05) is 6.07 Å². The van der Waals surface area contributed by atoms with E-state index in [2.05, 4.69) is 10.2 Å². The molecule has 136 valence electrons. The number of anilines is 1. The van der Waals surface area contributed by atoms with Gasteiger partial charge in [-0.15, -0.1) is 0 Å². The minimum atomic E-state index is -0.595. The fraction of sp³-hybridized carbons (Fsp3) is 0.625. The van der Waals surface area contributed by atoms with Crippen LogP contribution in [0.3, 0.4) is 0 Å². The van der Waals surface area contributed by atoms with Gasteiger partial charge in [0.1, 0.15) is 11.9 Å². The number of likely N-dealkylation sites (N-methyl/N-ethyl adjacent to an activating group) is 1. The first-order chi connectivity index (χ1) is 11.8. The standard InChI is InChI=1S/C16H24N6O3/c1-19(2)13(23)10-22-7-5-11(6-8-22)18-14-12(9-17)15(24)21(4)16(25)20(14)3/h11,18H,5-8,10H2,1-4H3. The minimum absolute atomic E-state index is 0.0375. The highest BCUT2D eigenvalue weighted by Gasteiger charge is 2.24. The molecule has 1 aromatic heterocycles. The van der Waals surface area contributed by atoms with Crippen LogP contribution in [-0.2, 0) is 18.9 Å². The predicted molar refractivity (Wildman–Crippen MR) is 93.4 cm³/mol. The van der Waals surface area contributed by atoms with Gasteiger partial charge >= 0.3 is 5.69 Å². The number of nitrogens with one attached hydrogen (secondary N) is 1. The number of rotatable bonds is 4. The Bertz CT molecular complexity index is 809. The topological polar surface area (TPSA) is 103 Å². The first-order valence-corrected chi connectivity index (χ1v) is 8.15. The maximum Gasteiger partial charge on any atom is 0.332 e. The quantitative estimate of drug-likeness (QED) is 0.742. The van der Waals surface area contributed by atoms with Crippen LogP contribution in [0.2, 0.25) is 0 Å². The zero-order valence-electron chi connectivity index (χ0n) is 15.1. The summed E-state index contributed by atoms with van der Waals surface area (Å²) in [6, 6.07) is 1.93. The van der Waals surface area contributed by atoms with Crippen LogP contribution in [-0.4, -0.2) is 64.6 Å². The lowest BCUT2D eigenvalue weighted by atomic mass is 10.0. The van der Waals surface area contributed by atoms with E-state index in [1.165, 1.54) is 18.7 Å². The van der Waals surface area contributed by atoms with Crippen LogP contribution < -0.4 is 16.6 Å². The third-order valence-electron chi connectivity index (χ3n) is 4.56. The molecule has 1 aromatic rings. The summed E-state index contributed by atoms with van der Waals surface area (Å²) in [6.45, 7) is 1.85. The Morgan fingerprint density at radius 1 is 1.24 bits per heavy atom. The first-order valence-electron chi connectivity index (χ1n) is 8.15. The molecule has 2 rings (SSSR count). The predicted octanol–water partition coefficient (Wildman–Crippen LogP) is -1.08. The molecule has 1 N–H and O–H groups in total. The zero-order valence-corrected chi connectivity index (χ0v) is 15.1. The molecule has 1 saturated heterocycles. The monoisotopic (exact) mass is 348 g/mol. The molecule has 1 fully saturated rings. The molecule has 0 radical (unpaired) electrons. The van der Waals surface area contributed by atoms with E-state index in [-0.39, 0.29) is 23.3 Å². The average molecular weight is 348 g/mol. The lowest BCUT2D eigenvalue weighted by molar-refractivity contribution is -0.130. The van der Waals surface area contributed by atoms with E-state index >= 15 is 0 Å². The highest BCUT2D eigenvalue weighted by atomic mass is 16.2. The van der Waals surface area contributed by atoms with Gasteiger partial charge in [-0.2, -0.15) is 5.26 Å². The van der Waals surface area contributed by atoms with Crippen LogP contribution >= 0.6 is 0 Å². The lowest BCUT2D eigenvalue weighted by Gasteiger charge is -2.33. The maximum absolute atomic E-state index is 12.1. The summed E-state index contributed by atoms with van der Waals surface area (Å²) in [6.07, 6.45) is 1.52. The fourth-order valence-electron chi connectivity index (χ4n) is 2.88. The number of amides is 1. The molecular weight excluding hydrogens is 324 g/mol. The van der Waals surface area contributed by atoms with Crippen LogP contribution in [0, 0.1) is 11.3 Å². The second kappa shape index (κ2) is 7.53. The van der Waals surface area contributed by atoms with Crippen molar-refractivity contribution in [1.29, 1.82) is 5.26 Å². The van der Waals surface area contributed by atoms with Gasteiger partial charge < -0.3 is 10.2 Å². The fourth-order valence-corrected chi connectivity index (χ4v) is 2.88. The molecule has 1 aliphatic heterocycles. The van der Waals surface area contributed by atoms with Gasteiger partial charge in [0.05, 0.1) is 6.54 Å². The molecule has 0 saturated carbocycles. The van der Waals surface area contributed by atoms with Gasteiger partial charge in [0.2, 0.25) is 5.91 Å². The highest BCUT2D eigenvalue weighted by molar-refractivity contribution is 5.77. The van der Waals surface area contributed by atoms with Crippen molar-refractivity contribution in [2.24, 2.45) is 14.1 Å². The second-order valence-corrected chi connectivity index (χ2v) is 6.52. The van der Waals surface area contributed by atoms with Crippen molar-refractivity contribution in [3.05, 3.63) is 26.4 Å². The van der Waals surface area contributed by atoms with Gasteiger partial charge in [0.25, 0.3) is 5.56 Å². The number of hydrogen-bond acceptors (Lipinski definition) is 6. The number of carbonyl (C=O) groups is 1. The van der Waals surface area contributed by atoms with Crippen molar-refractivity contribution in [3.63, 3.8) is 0 Å².